The molecule has 1 fully saturated rings. The van der Waals surface area contributed by atoms with Gasteiger partial charge in [-0.3, -0.25) is 4.68 Å². The molecule has 1 aromatic heterocycles. The maximum atomic E-state index is 4.22. The molecule has 1 saturated heterocycles. The van der Waals surface area contributed by atoms with Crippen LogP contribution in [0.1, 0.15) is 30.7 Å². The molecular weight excluding hydrogens is 162 g/mol. The van der Waals surface area contributed by atoms with Crippen LogP contribution < -0.4 is 5.32 Å². The zero-order valence-electron chi connectivity index (χ0n) is 8.16. The SMILES string of the molecule is Cn1cc(C2CCCNCC2)cn1. The summed E-state index contributed by atoms with van der Waals surface area (Å²) in [5.41, 5.74) is 1.41. The molecule has 0 bridgehead atoms. The summed E-state index contributed by atoms with van der Waals surface area (Å²) in [6.07, 6.45) is 8.01. The van der Waals surface area contributed by atoms with Gasteiger partial charge in [-0.15, -0.1) is 0 Å². The smallest absolute Gasteiger partial charge is 0.0524 e. The number of nitrogens with one attached hydrogen (secondary N) is 1. The highest BCUT2D eigenvalue weighted by atomic mass is 15.2. The molecule has 0 spiro atoms. The molecule has 3 heteroatoms. The van der Waals surface area contributed by atoms with Crippen LogP contribution in [-0.4, -0.2) is 22.9 Å². The zero-order valence-corrected chi connectivity index (χ0v) is 8.16. The van der Waals surface area contributed by atoms with Crippen molar-refractivity contribution in [3.8, 4) is 0 Å². The lowest BCUT2D eigenvalue weighted by atomic mass is 9.95. The van der Waals surface area contributed by atoms with Crippen LogP contribution in [0.4, 0.5) is 0 Å². The summed E-state index contributed by atoms with van der Waals surface area (Å²) in [6, 6.07) is 0. The van der Waals surface area contributed by atoms with E-state index in [0.717, 1.165) is 12.5 Å². The number of hydrogen-bond donors (Lipinski definition) is 1. The summed E-state index contributed by atoms with van der Waals surface area (Å²) < 4.78 is 1.90. The predicted molar refractivity (Wildman–Crippen MR) is 52.7 cm³/mol. The minimum atomic E-state index is 0.726. The van der Waals surface area contributed by atoms with Crippen LogP contribution in [-0.2, 0) is 7.05 Å². The lowest BCUT2D eigenvalue weighted by Gasteiger charge is -2.10. The predicted octanol–water partition coefficient (Wildman–Crippen LogP) is 1.28. The van der Waals surface area contributed by atoms with E-state index in [-0.39, 0.29) is 0 Å². The Morgan fingerprint density at radius 2 is 2.38 bits per heavy atom. The summed E-state index contributed by atoms with van der Waals surface area (Å²) in [7, 11) is 1.98. The Kier molecular flexibility index (Phi) is 2.64. The van der Waals surface area contributed by atoms with Crippen LogP contribution >= 0.6 is 0 Å². The van der Waals surface area contributed by atoms with Crippen LogP contribution in [0, 0.1) is 0 Å². The standard InChI is InChI=1S/C10H17N3/c1-13-8-10(7-12-13)9-3-2-5-11-6-4-9/h7-9,11H,2-6H2,1H3. The van der Waals surface area contributed by atoms with Gasteiger partial charge in [0.1, 0.15) is 0 Å². The summed E-state index contributed by atoms with van der Waals surface area (Å²) in [6.45, 7) is 2.33. The van der Waals surface area contributed by atoms with E-state index in [1.165, 1.54) is 31.4 Å². The molecule has 1 unspecified atom stereocenters. The molecule has 1 aliphatic heterocycles. The number of nitrogens with zero attached hydrogens (tertiary/aromatic N) is 2. The molecule has 2 rings (SSSR count). The van der Waals surface area contributed by atoms with Crippen molar-refractivity contribution in [2.24, 2.45) is 7.05 Å². The molecule has 0 amide bonds. The number of hydrogen-bond acceptors (Lipinski definition) is 2. The van der Waals surface area contributed by atoms with Gasteiger partial charge < -0.3 is 5.32 Å². The highest BCUT2D eigenvalue weighted by Gasteiger charge is 2.14. The summed E-state index contributed by atoms with van der Waals surface area (Å²) in [4.78, 5) is 0. The summed E-state index contributed by atoms with van der Waals surface area (Å²) >= 11 is 0. The lowest BCUT2D eigenvalue weighted by molar-refractivity contribution is 0.608. The Labute approximate surface area is 79.1 Å². The highest BCUT2D eigenvalue weighted by molar-refractivity contribution is 5.11. The van der Waals surface area contributed by atoms with Crippen LogP contribution in [0.3, 0.4) is 0 Å². The van der Waals surface area contributed by atoms with Crippen molar-refractivity contribution in [3.63, 3.8) is 0 Å². The van der Waals surface area contributed by atoms with Crippen molar-refractivity contribution < 1.29 is 0 Å². The van der Waals surface area contributed by atoms with Gasteiger partial charge in [-0.2, -0.15) is 5.10 Å². The molecule has 1 aromatic rings. The van der Waals surface area contributed by atoms with Gasteiger partial charge in [0.25, 0.3) is 0 Å². The lowest BCUT2D eigenvalue weighted by Crippen LogP contribution is -2.13. The van der Waals surface area contributed by atoms with Crippen molar-refractivity contribution in [2.75, 3.05) is 13.1 Å². The van der Waals surface area contributed by atoms with Crippen molar-refractivity contribution in [1.82, 2.24) is 15.1 Å². The Bertz CT molecular complexity index is 259. The van der Waals surface area contributed by atoms with Crippen LogP contribution in [0.5, 0.6) is 0 Å². The van der Waals surface area contributed by atoms with Gasteiger partial charge in [0.2, 0.25) is 0 Å². The fourth-order valence-electron chi connectivity index (χ4n) is 2.00. The molecule has 1 atom stereocenters. The Hall–Kier alpha value is -0.830. The summed E-state index contributed by atoms with van der Waals surface area (Å²) in [5.74, 6) is 0.726. The van der Waals surface area contributed by atoms with E-state index in [1.54, 1.807) is 0 Å². The topological polar surface area (TPSA) is 29.9 Å². The van der Waals surface area contributed by atoms with Crippen molar-refractivity contribution in [3.05, 3.63) is 18.0 Å². The quantitative estimate of drug-likeness (QED) is 0.703. The first-order valence-electron chi connectivity index (χ1n) is 5.05. The van der Waals surface area contributed by atoms with E-state index in [0.29, 0.717) is 0 Å². The minimum Gasteiger partial charge on any atom is -0.317 e. The van der Waals surface area contributed by atoms with E-state index < -0.39 is 0 Å². The maximum absolute atomic E-state index is 4.22. The molecule has 1 aliphatic rings. The molecule has 1 N–H and O–H groups in total. The second kappa shape index (κ2) is 3.92. The third-order valence-corrected chi connectivity index (χ3v) is 2.77. The van der Waals surface area contributed by atoms with Gasteiger partial charge >= 0.3 is 0 Å². The van der Waals surface area contributed by atoms with Crippen molar-refractivity contribution in [2.45, 2.75) is 25.2 Å². The van der Waals surface area contributed by atoms with Crippen LogP contribution in [0.15, 0.2) is 12.4 Å². The average molecular weight is 179 g/mol. The first-order chi connectivity index (χ1) is 6.36. The molecule has 72 valence electrons. The van der Waals surface area contributed by atoms with Gasteiger partial charge in [0.15, 0.2) is 0 Å². The van der Waals surface area contributed by atoms with Gasteiger partial charge in [0, 0.05) is 13.2 Å². The normalized spacial score (nSPS) is 24.2. The van der Waals surface area contributed by atoms with Gasteiger partial charge in [-0.25, -0.2) is 0 Å². The van der Waals surface area contributed by atoms with Gasteiger partial charge in [-0.05, 0) is 43.8 Å². The number of aromatic nitrogens is 2. The van der Waals surface area contributed by atoms with Crippen molar-refractivity contribution in [1.29, 1.82) is 0 Å². The molecule has 13 heavy (non-hydrogen) atoms. The largest absolute Gasteiger partial charge is 0.317 e. The van der Waals surface area contributed by atoms with Crippen molar-refractivity contribution >= 4 is 0 Å². The first kappa shape index (κ1) is 8.75. The Balaban J connectivity index is 2.06. The second-order valence-electron chi connectivity index (χ2n) is 3.83. The van der Waals surface area contributed by atoms with E-state index >= 15 is 0 Å². The monoisotopic (exact) mass is 179 g/mol. The minimum absolute atomic E-state index is 0.726. The fraction of sp³-hybridized carbons (Fsp3) is 0.700. The molecule has 3 nitrogen and oxygen atoms in total. The van der Waals surface area contributed by atoms with E-state index in [9.17, 15) is 0 Å². The molecule has 0 saturated carbocycles. The summed E-state index contributed by atoms with van der Waals surface area (Å²) in [5, 5.41) is 7.65. The van der Waals surface area contributed by atoms with E-state index in [4.69, 9.17) is 0 Å². The number of rotatable bonds is 1. The van der Waals surface area contributed by atoms with Gasteiger partial charge in [-0.1, -0.05) is 0 Å². The maximum Gasteiger partial charge on any atom is 0.0524 e. The molecular formula is C10H17N3. The molecule has 2 heterocycles. The molecule has 0 aromatic carbocycles. The average Bonchev–Trinajstić information content (AvgIpc) is 2.43. The Morgan fingerprint density at radius 3 is 3.15 bits per heavy atom. The number of aryl methyl sites for hydroxylation is 1. The molecule has 0 radical (unpaired) electrons. The fourth-order valence-corrected chi connectivity index (χ4v) is 2.00. The van der Waals surface area contributed by atoms with Crippen LogP contribution in [0.25, 0.3) is 0 Å². The zero-order chi connectivity index (χ0) is 9.10. The molecule has 0 aliphatic carbocycles. The van der Waals surface area contributed by atoms with Crippen LogP contribution in [0.2, 0.25) is 0 Å². The van der Waals surface area contributed by atoms with Gasteiger partial charge in [0.05, 0.1) is 6.20 Å². The first-order valence-corrected chi connectivity index (χ1v) is 5.05. The second-order valence-corrected chi connectivity index (χ2v) is 3.83. The van der Waals surface area contributed by atoms with E-state index in [1.807, 2.05) is 17.9 Å². The third-order valence-electron chi connectivity index (χ3n) is 2.77. The Morgan fingerprint density at radius 1 is 1.46 bits per heavy atom. The highest BCUT2D eigenvalue weighted by Crippen LogP contribution is 2.25. The van der Waals surface area contributed by atoms with E-state index in [2.05, 4.69) is 16.6 Å². The third kappa shape index (κ3) is 2.10.